The summed E-state index contributed by atoms with van der Waals surface area (Å²) in [6, 6.07) is 1.86. The Balaban J connectivity index is 1.77. The predicted octanol–water partition coefficient (Wildman–Crippen LogP) is 0.908. The number of hydrogen-bond acceptors (Lipinski definition) is 4. The van der Waals surface area contributed by atoms with Crippen molar-refractivity contribution in [3.8, 4) is 0 Å². The van der Waals surface area contributed by atoms with Crippen LogP contribution < -0.4 is 5.32 Å². The highest BCUT2D eigenvalue weighted by molar-refractivity contribution is 4.88. The average Bonchev–Trinajstić information content (AvgIpc) is 2.31. The van der Waals surface area contributed by atoms with Crippen LogP contribution in [0.3, 0.4) is 0 Å². The maximum atomic E-state index is 4.24. The van der Waals surface area contributed by atoms with Gasteiger partial charge in [-0.15, -0.1) is 0 Å². The van der Waals surface area contributed by atoms with Crippen LogP contribution in [0.2, 0.25) is 0 Å². The molecule has 1 aliphatic rings. The molecule has 1 aliphatic heterocycles. The van der Waals surface area contributed by atoms with Gasteiger partial charge in [-0.3, -0.25) is 4.90 Å². The van der Waals surface area contributed by atoms with Crippen LogP contribution in [0.1, 0.15) is 18.7 Å². The molecule has 2 heterocycles. The van der Waals surface area contributed by atoms with Crippen molar-refractivity contribution in [2.45, 2.75) is 19.4 Å². The Morgan fingerprint density at radius 3 is 2.94 bits per heavy atom. The van der Waals surface area contributed by atoms with Gasteiger partial charge in [0.05, 0.1) is 6.54 Å². The van der Waals surface area contributed by atoms with Crippen molar-refractivity contribution in [1.29, 1.82) is 0 Å². The van der Waals surface area contributed by atoms with E-state index in [4.69, 9.17) is 0 Å². The van der Waals surface area contributed by atoms with Crippen molar-refractivity contribution >= 4 is 0 Å². The van der Waals surface area contributed by atoms with Crippen molar-refractivity contribution < 1.29 is 0 Å². The summed E-state index contributed by atoms with van der Waals surface area (Å²) in [5, 5.41) is 3.45. The van der Waals surface area contributed by atoms with Crippen molar-refractivity contribution in [3.05, 3.63) is 24.3 Å². The molecule has 1 aromatic heterocycles. The van der Waals surface area contributed by atoms with Gasteiger partial charge >= 0.3 is 0 Å². The summed E-state index contributed by atoms with van der Waals surface area (Å²) in [5.41, 5.74) is 0. The van der Waals surface area contributed by atoms with E-state index in [0.717, 1.165) is 31.4 Å². The third-order valence-electron chi connectivity index (χ3n) is 3.00. The van der Waals surface area contributed by atoms with Crippen LogP contribution >= 0.6 is 0 Å². The van der Waals surface area contributed by atoms with E-state index >= 15 is 0 Å². The Bertz CT molecular complexity index is 295. The van der Waals surface area contributed by atoms with Crippen LogP contribution in [-0.2, 0) is 6.54 Å². The molecule has 0 radical (unpaired) electrons. The highest BCUT2D eigenvalue weighted by Gasteiger charge is 2.15. The first-order valence-corrected chi connectivity index (χ1v) is 6.00. The van der Waals surface area contributed by atoms with Gasteiger partial charge in [0.15, 0.2) is 0 Å². The molecule has 0 spiro atoms. The van der Waals surface area contributed by atoms with Crippen molar-refractivity contribution in [1.82, 2.24) is 20.2 Å². The quantitative estimate of drug-likeness (QED) is 0.819. The van der Waals surface area contributed by atoms with Crippen molar-refractivity contribution in [2.24, 2.45) is 5.92 Å². The first-order chi connectivity index (χ1) is 7.84. The van der Waals surface area contributed by atoms with Crippen molar-refractivity contribution in [2.75, 3.05) is 26.7 Å². The lowest BCUT2D eigenvalue weighted by Gasteiger charge is -2.27. The molecule has 1 saturated heterocycles. The van der Waals surface area contributed by atoms with Gasteiger partial charge in [-0.1, -0.05) is 0 Å². The molecule has 0 amide bonds. The van der Waals surface area contributed by atoms with Gasteiger partial charge in [0.2, 0.25) is 0 Å². The fraction of sp³-hybridized carbons (Fsp3) is 0.667. The Morgan fingerprint density at radius 1 is 1.44 bits per heavy atom. The van der Waals surface area contributed by atoms with Crippen LogP contribution in [0.25, 0.3) is 0 Å². The van der Waals surface area contributed by atoms with E-state index in [9.17, 15) is 0 Å². The number of hydrogen-bond donors (Lipinski definition) is 1. The fourth-order valence-electron chi connectivity index (χ4n) is 2.24. The van der Waals surface area contributed by atoms with Crippen LogP contribution in [0.4, 0.5) is 0 Å². The topological polar surface area (TPSA) is 41.1 Å². The zero-order chi connectivity index (χ0) is 11.2. The second-order valence-corrected chi connectivity index (χ2v) is 4.57. The van der Waals surface area contributed by atoms with E-state index in [2.05, 4.69) is 27.2 Å². The van der Waals surface area contributed by atoms with Crippen molar-refractivity contribution in [3.63, 3.8) is 0 Å². The molecule has 88 valence electrons. The minimum absolute atomic E-state index is 0.780. The normalized spacial score (nSPS) is 21.2. The summed E-state index contributed by atoms with van der Waals surface area (Å²) >= 11 is 0. The Kier molecular flexibility index (Phi) is 4.25. The molecule has 4 nitrogen and oxygen atoms in total. The summed E-state index contributed by atoms with van der Waals surface area (Å²) in [6.07, 6.45) is 6.25. The van der Waals surface area contributed by atoms with Gasteiger partial charge in [0, 0.05) is 18.9 Å². The zero-order valence-corrected chi connectivity index (χ0v) is 9.89. The van der Waals surface area contributed by atoms with E-state index in [-0.39, 0.29) is 0 Å². The Hall–Kier alpha value is -1.00. The maximum Gasteiger partial charge on any atom is 0.142 e. The largest absolute Gasteiger partial charge is 0.316 e. The number of nitrogens with one attached hydrogen (secondary N) is 1. The first-order valence-electron chi connectivity index (χ1n) is 6.00. The molecular weight excluding hydrogens is 200 g/mol. The van der Waals surface area contributed by atoms with Gasteiger partial charge in [0.1, 0.15) is 5.82 Å². The second kappa shape index (κ2) is 5.92. The Morgan fingerprint density at radius 2 is 2.25 bits per heavy atom. The summed E-state index contributed by atoms with van der Waals surface area (Å²) in [6.45, 7) is 4.31. The minimum Gasteiger partial charge on any atom is -0.316 e. The predicted molar refractivity (Wildman–Crippen MR) is 64.0 cm³/mol. The van der Waals surface area contributed by atoms with E-state index in [1.807, 2.05) is 6.07 Å². The number of rotatable bonds is 4. The molecule has 0 aliphatic carbocycles. The molecule has 1 aromatic rings. The molecule has 4 heteroatoms. The summed E-state index contributed by atoms with van der Waals surface area (Å²) < 4.78 is 0. The monoisotopic (exact) mass is 220 g/mol. The van der Waals surface area contributed by atoms with Gasteiger partial charge in [-0.05, 0) is 45.0 Å². The molecule has 16 heavy (non-hydrogen) atoms. The molecular formula is C12H20N4. The summed E-state index contributed by atoms with van der Waals surface area (Å²) in [4.78, 5) is 10.8. The van der Waals surface area contributed by atoms with E-state index in [1.165, 1.54) is 19.4 Å². The molecule has 1 atom stereocenters. The van der Waals surface area contributed by atoms with Crippen LogP contribution in [0, 0.1) is 5.92 Å². The van der Waals surface area contributed by atoms with E-state index in [0.29, 0.717) is 0 Å². The van der Waals surface area contributed by atoms with Gasteiger partial charge in [-0.2, -0.15) is 0 Å². The lowest BCUT2D eigenvalue weighted by Crippen LogP contribution is -2.36. The molecule has 0 bridgehead atoms. The minimum atomic E-state index is 0.780. The molecule has 1 unspecified atom stereocenters. The number of nitrogens with zero attached hydrogens (tertiary/aromatic N) is 3. The number of aromatic nitrogens is 2. The SMILES string of the molecule is CN(Cc1ncccn1)CC1CCCNC1. The van der Waals surface area contributed by atoms with E-state index < -0.39 is 0 Å². The van der Waals surface area contributed by atoms with E-state index in [1.54, 1.807) is 12.4 Å². The van der Waals surface area contributed by atoms with Gasteiger partial charge in [-0.25, -0.2) is 9.97 Å². The van der Waals surface area contributed by atoms with Crippen LogP contribution in [0.5, 0.6) is 0 Å². The molecule has 2 rings (SSSR count). The highest BCUT2D eigenvalue weighted by atomic mass is 15.1. The lowest BCUT2D eigenvalue weighted by atomic mass is 9.99. The standard InChI is InChI=1S/C12H20N4/c1-16(9-11-4-2-5-13-8-11)10-12-14-6-3-7-15-12/h3,6-7,11,13H,2,4-5,8-10H2,1H3. The van der Waals surface area contributed by atoms with Gasteiger partial charge in [0.25, 0.3) is 0 Å². The zero-order valence-electron chi connectivity index (χ0n) is 9.89. The average molecular weight is 220 g/mol. The Labute approximate surface area is 97.1 Å². The third kappa shape index (κ3) is 3.54. The number of piperidine rings is 1. The second-order valence-electron chi connectivity index (χ2n) is 4.57. The molecule has 1 N–H and O–H groups in total. The van der Waals surface area contributed by atoms with Crippen LogP contribution in [0.15, 0.2) is 18.5 Å². The van der Waals surface area contributed by atoms with Gasteiger partial charge < -0.3 is 5.32 Å². The molecule has 0 saturated carbocycles. The lowest BCUT2D eigenvalue weighted by molar-refractivity contribution is 0.233. The molecule has 0 aromatic carbocycles. The van der Waals surface area contributed by atoms with Crippen LogP contribution in [-0.4, -0.2) is 41.5 Å². The smallest absolute Gasteiger partial charge is 0.142 e. The third-order valence-corrected chi connectivity index (χ3v) is 3.00. The summed E-state index contributed by atoms with van der Waals surface area (Å²) in [5.74, 6) is 1.69. The summed E-state index contributed by atoms with van der Waals surface area (Å²) in [7, 11) is 2.14. The highest BCUT2D eigenvalue weighted by Crippen LogP contribution is 2.11. The first kappa shape index (κ1) is 11.5. The fourth-order valence-corrected chi connectivity index (χ4v) is 2.24. The maximum absolute atomic E-state index is 4.24. The molecule has 1 fully saturated rings.